The molecule has 16 heteroatoms. The molecule has 22 heavy (non-hydrogen) atoms. The molecule has 0 amide bonds. The van der Waals surface area contributed by atoms with E-state index in [1.165, 1.54) is 0 Å². The minimum Gasteiger partial charge on any atom is -0.822 e. The third kappa shape index (κ3) is 79.4. The van der Waals surface area contributed by atoms with E-state index < -0.39 is 27.7 Å². The Bertz CT molecular complexity index is 314. The molecule has 0 saturated heterocycles. The van der Waals surface area contributed by atoms with Crippen LogP contribution >= 0.6 is 15.6 Å². The molecule has 0 aromatic heterocycles. The van der Waals surface area contributed by atoms with Crippen LogP contribution in [0.25, 0.3) is 0 Å². The molecule has 12 nitrogen and oxygen atoms in total. The van der Waals surface area contributed by atoms with Gasteiger partial charge >= 0.3 is 86.9 Å². The molecule has 0 aliphatic rings. The third-order valence-corrected chi connectivity index (χ3v) is 1.29. The van der Waals surface area contributed by atoms with Crippen LogP contribution in [-0.2, 0) is 13.9 Å². The second-order valence-electron chi connectivity index (χ2n) is 3.12. The SMILES string of the molecule is NCCCCC(N)C(=O)O.O=P([O-])([O-])[O-].O=P([O-])([O-])[O-].[K+].[Na+]. The number of carbonyl (C=O) groups is 1. The fourth-order valence-corrected chi connectivity index (χ4v) is 0.632. The zero-order chi connectivity index (χ0) is 17.0. The number of phosphoric acid groups is 2. The summed E-state index contributed by atoms with van der Waals surface area (Å²) in [6.07, 6.45) is 2.16. The van der Waals surface area contributed by atoms with E-state index >= 15 is 0 Å². The predicted octanol–water partition coefficient (Wildman–Crippen LogP) is -12.1. The summed E-state index contributed by atoms with van der Waals surface area (Å²) < 4.78 is 17.1. The van der Waals surface area contributed by atoms with Crippen LogP contribution in [-0.4, -0.2) is 23.7 Å². The summed E-state index contributed by atoms with van der Waals surface area (Å²) in [5.74, 6) is -0.933. The van der Waals surface area contributed by atoms with Crippen molar-refractivity contribution in [2.75, 3.05) is 6.54 Å². The molecule has 5 N–H and O–H groups in total. The fourth-order valence-electron chi connectivity index (χ4n) is 0.632. The molecule has 0 spiro atoms. The Morgan fingerprint density at radius 1 is 1.00 bits per heavy atom. The third-order valence-electron chi connectivity index (χ3n) is 1.29. The van der Waals surface area contributed by atoms with Gasteiger partial charge in [0.1, 0.15) is 6.04 Å². The molecule has 0 heterocycles. The van der Waals surface area contributed by atoms with Crippen molar-refractivity contribution in [3.05, 3.63) is 0 Å². The number of carboxylic acids is 1. The molecular weight excluding hydrogens is 384 g/mol. The van der Waals surface area contributed by atoms with Gasteiger partial charge in [0.2, 0.25) is 0 Å². The van der Waals surface area contributed by atoms with Crippen LogP contribution in [0.15, 0.2) is 0 Å². The maximum Gasteiger partial charge on any atom is 1.00 e. The van der Waals surface area contributed by atoms with E-state index in [-0.39, 0.29) is 80.9 Å². The smallest absolute Gasteiger partial charge is 0.822 e. The van der Waals surface area contributed by atoms with E-state index in [9.17, 15) is 4.79 Å². The zero-order valence-corrected chi connectivity index (χ0v) is 19.0. The summed E-state index contributed by atoms with van der Waals surface area (Å²) in [4.78, 5) is 61.4. The first-order chi connectivity index (χ1) is 8.68. The molecule has 0 aliphatic heterocycles. The summed E-state index contributed by atoms with van der Waals surface area (Å²) in [5, 5.41) is 8.33. The van der Waals surface area contributed by atoms with Crippen LogP contribution in [0.3, 0.4) is 0 Å². The van der Waals surface area contributed by atoms with Gasteiger partial charge in [-0.1, -0.05) is 6.42 Å². The average Bonchev–Trinajstić information content (AvgIpc) is 2.12. The summed E-state index contributed by atoms with van der Waals surface area (Å²) in [5.41, 5.74) is 10.4. The Balaban J connectivity index is -0.0000000692. The summed E-state index contributed by atoms with van der Waals surface area (Å²) in [6, 6.07) is -0.716. The van der Waals surface area contributed by atoms with Gasteiger partial charge in [-0.05, 0) is 19.4 Å². The first-order valence-electron chi connectivity index (χ1n) is 4.83. The van der Waals surface area contributed by atoms with E-state index in [1.54, 1.807) is 0 Å². The van der Waals surface area contributed by atoms with Gasteiger partial charge in [-0.25, -0.2) is 0 Å². The normalized spacial score (nSPS) is 11.3. The van der Waals surface area contributed by atoms with Crippen molar-refractivity contribution in [2.24, 2.45) is 11.5 Å². The first-order valence-corrected chi connectivity index (χ1v) is 7.75. The molecule has 0 fully saturated rings. The van der Waals surface area contributed by atoms with Crippen molar-refractivity contribution in [3.8, 4) is 0 Å². The second kappa shape index (κ2) is 19.6. The van der Waals surface area contributed by atoms with Crippen molar-refractivity contribution in [2.45, 2.75) is 25.3 Å². The van der Waals surface area contributed by atoms with Crippen LogP contribution in [0.5, 0.6) is 0 Å². The molecule has 1 atom stereocenters. The Morgan fingerprint density at radius 2 is 1.27 bits per heavy atom. The molecule has 0 bridgehead atoms. The van der Waals surface area contributed by atoms with Crippen molar-refractivity contribution in [3.63, 3.8) is 0 Å². The van der Waals surface area contributed by atoms with Crippen LogP contribution in [0.2, 0.25) is 0 Å². The van der Waals surface area contributed by atoms with E-state index in [0.29, 0.717) is 13.0 Å². The Hall–Kier alpha value is 2.25. The number of aliphatic carboxylic acids is 1. The topological polar surface area (TPSA) is 262 Å². The molecule has 0 radical (unpaired) electrons. The van der Waals surface area contributed by atoms with E-state index in [2.05, 4.69) is 0 Å². The maximum atomic E-state index is 10.1. The molecule has 0 aromatic carbocycles. The zero-order valence-electron chi connectivity index (χ0n) is 12.1. The number of rotatable bonds is 5. The van der Waals surface area contributed by atoms with Crippen molar-refractivity contribution in [1.29, 1.82) is 0 Å². The number of carboxylic acid groups (broad SMARTS) is 1. The van der Waals surface area contributed by atoms with Crippen molar-refractivity contribution in [1.82, 2.24) is 0 Å². The van der Waals surface area contributed by atoms with Gasteiger partial charge in [-0.15, -0.1) is 0 Å². The van der Waals surface area contributed by atoms with Crippen LogP contribution in [0.4, 0.5) is 0 Å². The average molecular weight is 398 g/mol. The molecule has 0 aromatic rings. The van der Waals surface area contributed by atoms with Crippen molar-refractivity contribution >= 4 is 21.6 Å². The van der Waals surface area contributed by atoms with Crippen LogP contribution in [0.1, 0.15) is 19.3 Å². The summed E-state index contributed by atoms with van der Waals surface area (Å²) in [6.45, 7) is 0.604. The minimum absolute atomic E-state index is 0. The summed E-state index contributed by atoms with van der Waals surface area (Å²) in [7, 11) is -10.8. The van der Waals surface area contributed by atoms with Crippen molar-refractivity contribution < 1.29 is 129 Å². The number of hydrogen-bond acceptors (Lipinski definition) is 11. The number of nitrogens with two attached hydrogens (primary N) is 2. The maximum absolute atomic E-state index is 10.1. The van der Waals surface area contributed by atoms with Crippen LogP contribution in [0, 0.1) is 0 Å². The van der Waals surface area contributed by atoms with Gasteiger partial charge < -0.3 is 55.1 Å². The van der Waals surface area contributed by atoms with Gasteiger partial charge in [0.25, 0.3) is 0 Å². The second-order valence-corrected chi connectivity index (χ2v) is 4.91. The molecule has 1 unspecified atom stereocenters. The summed E-state index contributed by atoms with van der Waals surface area (Å²) >= 11 is 0. The Morgan fingerprint density at radius 3 is 1.45 bits per heavy atom. The molecular formula is C6H14KN2NaO10P2-4. The molecule has 0 saturated carbocycles. The molecule has 124 valence electrons. The molecule has 0 rings (SSSR count). The quantitative estimate of drug-likeness (QED) is 0.221. The van der Waals surface area contributed by atoms with Gasteiger partial charge in [0.15, 0.2) is 0 Å². The number of unbranched alkanes of at least 4 members (excludes halogenated alkanes) is 1. The first kappa shape index (κ1) is 35.4. The number of hydrogen-bond donors (Lipinski definition) is 3. The Labute approximate surface area is 191 Å². The largest absolute Gasteiger partial charge is 1.00 e. The van der Waals surface area contributed by atoms with Gasteiger partial charge in [0.05, 0.1) is 0 Å². The van der Waals surface area contributed by atoms with E-state index in [0.717, 1.165) is 12.8 Å². The monoisotopic (exact) mass is 398 g/mol. The van der Waals surface area contributed by atoms with Crippen LogP contribution < -0.4 is 122 Å². The van der Waals surface area contributed by atoms with E-state index in [1.807, 2.05) is 0 Å². The van der Waals surface area contributed by atoms with E-state index in [4.69, 9.17) is 55.1 Å². The minimum atomic E-state index is -5.39. The standard InChI is InChI=1S/C6H14N2O2.K.Na.2H3O4P/c7-4-2-1-3-5(8)6(9)10;;;2*1-5(2,3)4/h5H,1-4,7-8H2,(H,9,10);;;2*(H3,1,2,3,4)/q;2*+1;;/p-6. The predicted molar refractivity (Wildman–Crippen MR) is 53.7 cm³/mol. The Kier molecular flexibility index (Phi) is 31.5. The molecule has 0 aliphatic carbocycles. The fraction of sp³-hybridized carbons (Fsp3) is 0.833. The van der Waals surface area contributed by atoms with Gasteiger partial charge in [0, 0.05) is 0 Å². The van der Waals surface area contributed by atoms with Gasteiger partial charge in [-0.3, -0.25) is 4.79 Å². The van der Waals surface area contributed by atoms with Gasteiger partial charge in [-0.2, -0.15) is 15.6 Å².